The molecular formula is C19H16FN3O4. The number of hydrogen-bond donors (Lipinski definition) is 2. The third-order valence-electron chi connectivity index (χ3n) is 4.54. The number of anilines is 1. The van der Waals surface area contributed by atoms with Gasteiger partial charge in [0, 0.05) is 0 Å². The number of fused-ring (bicyclic) bond motifs is 1. The van der Waals surface area contributed by atoms with Gasteiger partial charge in [-0.1, -0.05) is 12.1 Å². The third-order valence-corrected chi connectivity index (χ3v) is 4.54. The van der Waals surface area contributed by atoms with Crippen LogP contribution in [0.5, 0.6) is 0 Å². The first-order valence-electron chi connectivity index (χ1n) is 8.44. The zero-order chi connectivity index (χ0) is 19.0. The van der Waals surface area contributed by atoms with E-state index >= 15 is 0 Å². The summed E-state index contributed by atoms with van der Waals surface area (Å²) in [4.78, 5) is 28.7. The predicted molar refractivity (Wildman–Crippen MR) is 94.9 cm³/mol. The van der Waals surface area contributed by atoms with Gasteiger partial charge in [0.05, 0.1) is 18.0 Å². The summed E-state index contributed by atoms with van der Waals surface area (Å²) >= 11 is 0. The van der Waals surface area contributed by atoms with Crippen LogP contribution in [0.25, 0.3) is 11.6 Å². The van der Waals surface area contributed by atoms with Crippen molar-refractivity contribution in [3.05, 3.63) is 70.1 Å². The zero-order valence-electron chi connectivity index (χ0n) is 14.2. The predicted octanol–water partition coefficient (Wildman–Crippen LogP) is 2.83. The number of aromatic nitrogens is 2. The lowest BCUT2D eigenvalue weighted by atomic mass is 9.96. The van der Waals surface area contributed by atoms with E-state index in [-0.39, 0.29) is 23.4 Å². The summed E-state index contributed by atoms with van der Waals surface area (Å²) in [6.45, 7) is -0.530. The second-order valence-corrected chi connectivity index (χ2v) is 6.31. The maximum absolute atomic E-state index is 13.2. The van der Waals surface area contributed by atoms with Crippen LogP contribution in [-0.4, -0.2) is 20.6 Å². The fourth-order valence-corrected chi connectivity index (χ4v) is 3.27. The molecule has 138 valence electrons. The molecule has 0 fully saturated rings. The monoisotopic (exact) mass is 369 g/mol. The van der Waals surface area contributed by atoms with Crippen LogP contribution in [0.1, 0.15) is 23.7 Å². The molecule has 27 heavy (non-hydrogen) atoms. The van der Waals surface area contributed by atoms with Crippen molar-refractivity contribution in [2.75, 3.05) is 5.32 Å². The van der Waals surface area contributed by atoms with E-state index in [1.165, 1.54) is 18.4 Å². The Hall–Kier alpha value is -3.42. The summed E-state index contributed by atoms with van der Waals surface area (Å²) in [5.41, 5.74) is 1.21. The van der Waals surface area contributed by atoms with Crippen molar-refractivity contribution in [3.8, 4) is 11.6 Å². The van der Waals surface area contributed by atoms with E-state index in [0.717, 1.165) is 10.1 Å². The summed E-state index contributed by atoms with van der Waals surface area (Å²) in [7, 11) is 0. The van der Waals surface area contributed by atoms with E-state index < -0.39 is 18.1 Å². The first kappa shape index (κ1) is 17.0. The van der Waals surface area contributed by atoms with Gasteiger partial charge in [0.15, 0.2) is 11.6 Å². The SMILES string of the molecule is O=C(O)Cn1c(-c2ccco2)nc2c(c1=O)NC(c1ccc(F)cc1)CC2. The number of nitrogens with one attached hydrogen (secondary N) is 1. The van der Waals surface area contributed by atoms with Crippen molar-refractivity contribution in [1.29, 1.82) is 0 Å². The Morgan fingerprint density at radius 1 is 1.33 bits per heavy atom. The van der Waals surface area contributed by atoms with E-state index in [4.69, 9.17) is 4.42 Å². The van der Waals surface area contributed by atoms with Crippen molar-refractivity contribution in [2.45, 2.75) is 25.4 Å². The molecule has 0 radical (unpaired) electrons. The second-order valence-electron chi connectivity index (χ2n) is 6.31. The van der Waals surface area contributed by atoms with Gasteiger partial charge in [0.1, 0.15) is 18.0 Å². The quantitative estimate of drug-likeness (QED) is 0.734. The minimum Gasteiger partial charge on any atom is -0.480 e. The van der Waals surface area contributed by atoms with Gasteiger partial charge in [-0.3, -0.25) is 14.2 Å². The maximum Gasteiger partial charge on any atom is 0.323 e. The Bertz CT molecular complexity index is 1040. The van der Waals surface area contributed by atoms with Crippen LogP contribution < -0.4 is 10.9 Å². The van der Waals surface area contributed by atoms with Gasteiger partial charge in [-0.25, -0.2) is 9.37 Å². The molecule has 7 nitrogen and oxygen atoms in total. The van der Waals surface area contributed by atoms with E-state index in [9.17, 15) is 19.1 Å². The fraction of sp³-hybridized carbons (Fsp3) is 0.211. The highest BCUT2D eigenvalue weighted by atomic mass is 19.1. The first-order chi connectivity index (χ1) is 13.0. The largest absolute Gasteiger partial charge is 0.480 e. The van der Waals surface area contributed by atoms with Gasteiger partial charge in [-0.2, -0.15) is 0 Å². The molecule has 2 N–H and O–H groups in total. The van der Waals surface area contributed by atoms with Crippen molar-refractivity contribution >= 4 is 11.7 Å². The van der Waals surface area contributed by atoms with Crippen LogP contribution in [0.3, 0.4) is 0 Å². The van der Waals surface area contributed by atoms with Gasteiger partial charge < -0.3 is 14.8 Å². The number of aliphatic carboxylic acids is 1. The van der Waals surface area contributed by atoms with Gasteiger partial charge in [-0.15, -0.1) is 0 Å². The molecular weight excluding hydrogens is 353 g/mol. The van der Waals surface area contributed by atoms with Gasteiger partial charge in [-0.05, 0) is 42.7 Å². The fourth-order valence-electron chi connectivity index (χ4n) is 3.27. The molecule has 0 aliphatic carbocycles. The number of benzene rings is 1. The van der Waals surface area contributed by atoms with Crippen molar-refractivity contribution in [2.24, 2.45) is 0 Å². The van der Waals surface area contributed by atoms with Crippen molar-refractivity contribution in [1.82, 2.24) is 9.55 Å². The molecule has 3 aromatic rings. The number of furan rings is 1. The topological polar surface area (TPSA) is 97.4 Å². The number of aryl methyl sites for hydroxylation is 1. The summed E-state index contributed by atoms with van der Waals surface area (Å²) in [5, 5.41) is 12.3. The highest BCUT2D eigenvalue weighted by Gasteiger charge is 2.27. The van der Waals surface area contributed by atoms with E-state index in [0.29, 0.717) is 24.3 Å². The highest BCUT2D eigenvalue weighted by molar-refractivity contribution is 5.68. The van der Waals surface area contributed by atoms with Gasteiger partial charge in [0.25, 0.3) is 5.56 Å². The van der Waals surface area contributed by atoms with Crippen molar-refractivity contribution in [3.63, 3.8) is 0 Å². The van der Waals surface area contributed by atoms with Crippen LogP contribution in [0.2, 0.25) is 0 Å². The zero-order valence-corrected chi connectivity index (χ0v) is 14.2. The Balaban J connectivity index is 1.78. The van der Waals surface area contributed by atoms with Gasteiger partial charge >= 0.3 is 5.97 Å². The van der Waals surface area contributed by atoms with E-state index in [2.05, 4.69) is 10.3 Å². The molecule has 0 bridgehead atoms. The first-order valence-corrected chi connectivity index (χ1v) is 8.44. The number of rotatable bonds is 4. The average Bonchev–Trinajstić information content (AvgIpc) is 3.18. The normalized spacial score (nSPS) is 15.8. The molecule has 0 saturated heterocycles. The minimum atomic E-state index is -1.16. The summed E-state index contributed by atoms with van der Waals surface area (Å²) in [6, 6.07) is 9.16. The molecule has 1 aromatic carbocycles. The van der Waals surface area contributed by atoms with Crippen LogP contribution in [0, 0.1) is 5.82 Å². The number of halogens is 1. The lowest BCUT2D eigenvalue weighted by Gasteiger charge is -2.27. The third kappa shape index (κ3) is 3.21. The second kappa shape index (κ2) is 6.71. The molecule has 1 aliphatic heterocycles. The Labute approximate surface area is 153 Å². The summed E-state index contributed by atoms with van der Waals surface area (Å²) < 4.78 is 19.6. The number of carboxylic acid groups (broad SMARTS) is 1. The number of carboxylic acids is 1. The average molecular weight is 369 g/mol. The summed E-state index contributed by atoms with van der Waals surface area (Å²) in [5.74, 6) is -0.967. The highest BCUT2D eigenvalue weighted by Crippen LogP contribution is 2.31. The maximum atomic E-state index is 13.2. The molecule has 3 heterocycles. The molecule has 4 rings (SSSR count). The molecule has 1 aliphatic rings. The van der Waals surface area contributed by atoms with Crippen LogP contribution in [0.15, 0.2) is 51.9 Å². The molecule has 1 unspecified atom stereocenters. The lowest BCUT2D eigenvalue weighted by molar-refractivity contribution is -0.137. The van der Waals surface area contributed by atoms with E-state index in [1.54, 1.807) is 24.3 Å². The minimum absolute atomic E-state index is 0.180. The van der Waals surface area contributed by atoms with Crippen LogP contribution >= 0.6 is 0 Å². The van der Waals surface area contributed by atoms with Crippen molar-refractivity contribution < 1.29 is 18.7 Å². The molecule has 2 aromatic heterocycles. The summed E-state index contributed by atoms with van der Waals surface area (Å²) in [6.07, 6.45) is 2.64. The molecule has 0 amide bonds. The molecule has 1 atom stereocenters. The number of nitrogens with zero attached hydrogens (tertiary/aromatic N) is 2. The Morgan fingerprint density at radius 2 is 2.11 bits per heavy atom. The molecule has 0 saturated carbocycles. The van der Waals surface area contributed by atoms with Crippen LogP contribution in [0.4, 0.5) is 10.1 Å². The Kier molecular flexibility index (Phi) is 4.23. The number of hydrogen-bond acceptors (Lipinski definition) is 5. The smallest absolute Gasteiger partial charge is 0.323 e. The number of carbonyl (C=O) groups is 1. The molecule has 8 heteroatoms. The Morgan fingerprint density at radius 3 is 2.78 bits per heavy atom. The van der Waals surface area contributed by atoms with E-state index in [1.807, 2.05) is 0 Å². The molecule has 0 spiro atoms. The van der Waals surface area contributed by atoms with Gasteiger partial charge in [0.2, 0.25) is 0 Å². The van der Waals surface area contributed by atoms with Crippen LogP contribution in [-0.2, 0) is 17.8 Å². The lowest BCUT2D eigenvalue weighted by Crippen LogP contribution is -2.33. The standard InChI is InChI=1S/C19H16FN3O4/c20-12-5-3-11(4-6-12)13-7-8-14-17(21-13)19(26)23(10-16(24)25)18(22-14)15-2-1-9-27-15/h1-6,9,13,21H,7-8,10H2,(H,24,25).